The summed E-state index contributed by atoms with van der Waals surface area (Å²) in [6, 6.07) is 0. The van der Waals surface area contributed by atoms with Crippen LogP contribution in [0.5, 0.6) is 0 Å². The number of likely N-dealkylation sites (tertiary alicyclic amines) is 2. The number of carbonyl (C=O) groups is 1. The summed E-state index contributed by atoms with van der Waals surface area (Å²) in [5.74, 6) is 0.942. The number of carbonyl (C=O) groups excluding carboxylic acids is 1. The normalized spacial score (nSPS) is 21.3. The fraction of sp³-hybridized carbons (Fsp3) is 0.778. The summed E-state index contributed by atoms with van der Waals surface area (Å²) in [7, 11) is 1.72. The highest BCUT2D eigenvalue weighted by molar-refractivity contribution is 7.09. The first kappa shape index (κ1) is 17.8. The van der Waals surface area contributed by atoms with Crippen LogP contribution in [0.3, 0.4) is 0 Å². The van der Waals surface area contributed by atoms with Crippen LogP contribution in [0.15, 0.2) is 5.38 Å². The number of nitrogens with zero attached hydrogens (tertiary/aromatic N) is 3. The lowest BCUT2D eigenvalue weighted by Gasteiger charge is -2.32. The third-order valence-corrected chi connectivity index (χ3v) is 6.34. The van der Waals surface area contributed by atoms with Gasteiger partial charge in [0.15, 0.2) is 0 Å². The lowest BCUT2D eigenvalue weighted by Crippen LogP contribution is -2.36. The first-order chi connectivity index (χ1) is 11.7. The Morgan fingerprint density at radius 1 is 1.33 bits per heavy atom. The van der Waals surface area contributed by atoms with Crippen LogP contribution in [-0.2, 0) is 16.1 Å². The Labute approximate surface area is 149 Å². The molecule has 1 unspecified atom stereocenters. The Hall–Kier alpha value is -0.980. The lowest BCUT2D eigenvalue weighted by molar-refractivity contribution is -0.131. The summed E-state index contributed by atoms with van der Waals surface area (Å²) in [5, 5.41) is 3.20. The second kappa shape index (κ2) is 8.41. The highest BCUT2D eigenvalue weighted by atomic mass is 32.1. The van der Waals surface area contributed by atoms with Crippen LogP contribution in [0, 0.1) is 5.92 Å². The smallest absolute Gasteiger partial charge is 0.222 e. The maximum absolute atomic E-state index is 12.3. The van der Waals surface area contributed by atoms with Crippen LogP contribution in [0.4, 0.5) is 0 Å². The van der Waals surface area contributed by atoms with E-state index in [0.29, 0.717) is 11.8 Å². The number of hydrogen-bond acceptors (Lipinski definition) is 5. The van der Waals surface area contributed by atoms with E-state index in [0.717, 1.165) is 62.7 Å². The summed E-state index contributed by atoms with van der Waals surface area (Å²) in [6.45, 7) is 7.05. The van der Waals surface area contributed by atoms with E-state index in [1.54, 1.807) is 18.4 Å². The van der Waals surface area contributed by atoms with Gasteiger partial charge in [0.25, 0.3) is 0 Å². The maximum atomic E-state index is 12.3. The monoisotopic (exact) mass is 351 g/mol. The highest BCUT2D eigenvalue weighted by Gasteiger charge is 2.25. The number of amides is 1. The van der Waals surface area contributed by atoms with Gasteiger partial charge in [0.2, 0.25) is 5.91 Å². The van der Waals surface area contributed by atoms with E-state index >= 15 is 0 Å². The van der Waals surface area contributed by atoms with E-state index in [1.165, 1.54) is 12.8 Å². The van der Waals surface area contributed by atoms with Gasteiger partial charge in [-0.05, 0) is 51.6 Å². The third kappa shape index (κ3) is 4.55. The Bertz CT molecular complexity index is 534. The van der Waals surface area contributed by atoms with E-state index in [4.69, 9.17) is 4.74 Å². The Balaban J connectivity index is 1.41. The number of thiazole rings is 1. The molecular formula is C18H29N3O2S. The molecular weight excluding hydrogens is 322 g/mol. The Kier molecular flexibility index (Phi) is 6.25. The molecule has 5 nitrogen and oxygen atoms in total. The van der Waals surface area contributed by atoms with Crippen LogP contribution < -0.4 is 0 Å². The van der Waals surface area contributed by atoms with Gasteiger partial charge in [0.1, 0.15) is 11.1 Å². The molecule has 0 aliphatic carbocycles. The van der Waals surface area contributed by atoms with Crippen molar-refractivity contribution in [2.45, 2.75) is 51.7 Å². The minimum Gasteiger partial charge on any atom is -0.375 e. The molecule has 0 aromatic carbocycles. The van der Waals surface area contributed by atoms with Crippen LogP contribution >= 0.6 is 11.3 Å². The first-order valence-electron chi connectivity index (χ1n) is 9.13. The molecule has 0 radical (unpaired) electrons. The second-order valence-corrected chi connectivity index (χ2v) is 7.96. The second-order valence-electron chi connectivity index (χ2n) is 7.07. The van der Waals surface area contributed by atoms with E-state index < -0.39 is 0 Å². The average molecular weight is 352 g/mol. The molecule has 1 atom stereocenters. The quantitative estimate of drug-likeness (QED) is 0.790. The molecule has 3 heterocycles. The zero-order chi connectivity index (χ0) is 16.9. The summed E-state index contributed by atoms with van der Waals surface area (Å²) in [5.41, 5.74) is 1.14. The van der Waals surface area contributed by atoms with Crippen molar-refractivity contribution in [3.05, 3.63) is 16.1 Å². The van der Waals surface area contributed by atoms with Crippen molar-refractivity contribution in [3.63, 3.8) is 0 Å². The molecule has 134 valence electrons. The van der Waals surface area contributed by atoms with E-state index in [9.17, 15) is 4.79 Å². The molecule has 24 heavy (non-hydrogen) atoms. The van der Waals surface area contributed by atoms with Gasteiger partial charge < -0.3 is 9.64 Å². The van der Waals surface area contributed by atoms with Crippen molar-refractivity contribution in [1.29, 1.82) is 0 Å². The molecule has 0 saturated carbocycles. The predicted molar refractivity (Wildman–Crippen MR) is 96.0 cm³/mol. The SMILES string of the molecule is COC(C)c1nc(CN2CCC(CC(=O)N3CCCC3)CC2)cs1. The van der Waals surface area contributed by atoms with Crippen molar-refractivity contribution in [3.8, 4) is 0 Å². The number of aromatic nitrogens is 1. The number of hydrogen-bond donors (Lipinski definition) is 0. The van der Waals surface area contributed by atoms with Crippen molar-refractivity contribution in [2.24, 2.45) is 5.92 Å². The number of piperidine rings is 1. The summed E-state index contributed by atoms with van der Waals surface area (Å²) < 4.78 is 5.33. The van der Waals surface area contributed by atoms with Gasteiger partial charge in [-0.2, -0.15) is 0 Å². The number of ether oxygens (including phenoxy) is 1. The zero-order valence-corrected chi connectivity index (χ0v) is 15.7. The van der Waals surface area contributed by atoms with Crippen molar-refractivity contribution in [1.82, 2.24) is 14.8 Å². The summed E-state index contributed by atoms with van der Waals surface area (Å²) >= 11 is 1.68. The first-order valence-corrected chi connectivity index (χ1v) is 10.0. The standard InChI is InChI=1S/C18H29N3O2S/c1-14(23-2)18-19-16(13-24-18)12-20-9-5-15(6-10-20)11-17(22)21-7-3-4-8-21/h13-15H,3-12H2,1-2H3. The van der Waals surface area contributed by atoms with Gasteiger partial charge >= 0.3 is 0 Å². The molecule has 1 aromatic heterocycles. The molecule has 0 spiro atoms. The van der Waals surface area contributed by atoms with E-state index in [2.05, 4.69) is 20.2 Å². The topological polar surface area (TPSA) is 45.7 Å². The molecule has 2 fully saturated rings. The van der Waals surface area contributed by atoms with E-state index in [1.807, 2.05) is 6.92 Å². The van der Waals surface area contributed by atoms with Crippen molar-refractivity contribution in [2.75, 3.05) is 33.3 Å². The predicted octanol–water partition coefficient (Wildman–Crippen LogP) is 3.08. The van der Waals surface area contributed by atoms with Crippen molar-refractivity contribution < 1.29 is 9.53 Å². The average Bonchev–Trinajstić information content (AvgIpc) is 3.27. The largest absolute Gasteiger partial charge is 0.375 e. The molecule has 6 heteroatoms. The lowest BCUT2D eigenvalue weighted by atomic mass is 9.93. The Morgan fingerprint density at radius 3 is 2.71 bits per heavy atom. The van der Waals surface area contributed by atoms with Crippen LogP contribution in [0.2, 0.25) is 0 Å². The molecule has 2 saturated heterocycles. The summed E-state index contributed by atoms with van der Waals surface area (Å²) in [4.78, 5) is 21.5. The minimum absolute atomic E-state index is 0.0751. The maximum Gasteiger partial charge on any atom is 0.222 e. The molecule has 1 amide bonds. The van der Waals surface area contributed by atoms with Crippen molar-refractivity contribution >= 4 is 17.2 Å². The number of rotatable bonds is 6. The highest BCUT2D eigenvalue weighted by Crippen LogP contribution is 2.25. The fourth-order valence-electron chi connectivity index (χ4n) is 3.60. The van der Waals surface area contributed by atoms with Gasteiger partial charge in [-0.3, -0.25) is 9.69 Å². The minimum atomic E-state index is 0.0751. The molecule has 2 aliphatic rings. The zero-order valence-electron chi connectivity index (χ0n) is 14.9. The van der Waals surface area contributed by atoms with Crippen LogP contribution in [0.1, 0.15) is 55.8 Å². The van der Waals surface area contributed by atoms with Gasteiger partial charge in [0.05, 0.1) is 5.69 Å². The summed E-state index contributed by atoms with van der Waals surface area (Å²) in [6.07, 6.45) is 5.45. The van der Waals surface area contributed by atoms with Gasteiger partial charge in [0, 0.05) is 38.5 Å². The molecule has 2 aliphatic heterocycles. The third-order valence-electron chi connectivity index (χ3n) is 5.29. The fourth-order valence-corrected chi connectivity index (χ4v) is 4.45. The molecule has 0 bridgehead atoms. The van der Waals surface area contributed by atoms with Crippen LogP contribution in [-0.4, -0.2) is 54.0 Å². The molecule has 3 rings (SSSR count). The molecule has 1 aromatic rings. The van der Waals surface area contributed by atoms with Gasteiger partial charge in [-0.25, -0.2) is 4.98 Å². The Morgan fingerprint density at radius 2 is 2.04 bits per heavy atom. The van der Waals surface area contributed by atoms with Gasteiger partial charge in [-0.15, -0.1) is 11.3 Å². The molecule has 0 N–H and O–H groups in total. The van der Waals surface area contributed by atoms with E-state index in [-0.39, 0.29) is 6.10 Å². The van der Waals surface area contributed by atoms with Crippen LogP contribution in [0.25, 0.3) is 0 Å². The van der Waals surface area contributed by atoms with Gasteiger partial charge in [-0.1, -0.05) is 0 Å². The number of methoxy groups -OCH3 is 1.